The van der Waals surface area contributed by atoms with Crippen LogP contribution in [-0.2, 0) is 20.7 Å². The van der Waals surface area contributed by atoms with Gasteiger partial charge in [0.15, 0.2) is 0 Å². The molecular weight excluding hydrogens is 256 g/mol. The molecule has 0 aromatic heterocycles. The molecule has 1 rings (SSSR count). The zero-order valence-electron chi connectivity index (χ0n) is 12.3. The predicted octanol–water partition coefficient (Wildman–Crippen LogP) is 2.95. The molecule has 0 N–H and O–H groups in total. The molecule has 0 amide bonds. The first-order valence-electron chi connectivity index (χ1n) is 6.42. The van der Waals surface area contributed by atoms with E-state index in [1.807, 2.05) is 24.3 Å². The highest BCUT2D eigenvalue weighted by molar-refractivity contribution is 6.80. The summed E-state index contributed by atoms with van der Waals surface area (Å²) in [6, 6.07) is 7.68. The fraction of sp³-hybridized carbons (Fsp3) is 0.467. The van der Waals surface area contributed by atoms with Crippen LogP contribution in [0.25, 0.3) is 0 Å². The van der Waals surface area contributed by atoms with Gasteiger partial charge in [0.2, 0.25) is 0 Å². The Balaban J connectivity index is 3.24. The predicted molar refractivity (Wildman–Crippen MR) is 78.9 cm³/mol. The first-order valence-corrected chi connectivity index (χ1v) is 10.00. The third kappa shape index (κ3) is 4.03. The number of Topliss-reactive ketones (excluding diaryl/α,β-unsaturated/α-hetero) is 1. The summed E-state index contributed by atoms with van der Waals surface area (Å²) < 4.78 is 4.72. The quantitative estimate of drug-likeness (QED) is 0.614. The second kappa shape index (κ2) is 6.15. The van der Waals surface area contributed by atoms with Crippen LogP contribution in [0.5, 0.6) is 0 Å². The van der Waals surface area contributed by atoms with Crippen LogP contribution in [-0.4, -0.2) is 26.9 Å². The van der Waals surface area contributed by atoms with Gasteiger partial charge in [-0.2, -0.15) is 0 Å². The van der Waals surface area contributed by atoms with Gasteiger partial charge in [-0.15, -0.1) is 0 Å². The van der Waals surface area contributed by atoms with Crippen LogP contribution in [0.1, 0.15) is 23.6 Å². The first kappa shape index (κ1) is 15.6. The van der Waals surface area contributed by atoms with Gasteiger partial charge in [-0.05, 0) is 18.1 Å². The van der Waals surface area contributed by atoms with Gasteiger partial charge in [0.05, 0.1) is 21.6 Å². The fourth-order valence-electron chi connectivity index (χ4n) is 2.50. The lowest BCUT2D eigenvalue weighted by Crippen LogP contribution is -2.36. The van der Waals surface area contributed by atoms with Crippen LogP contribution < -0.4 is 0 Å². The minimum absolute atomic E-state index is 0.0756. The lowest BCUT2D eigenvalue weighted by molar-refractivity contribution is -0.139. The Morgan fingerprint density at radius 3 is 2.26 bits per heavy atom. The topological polar surface area (TPSA) is 43.4 Å². The molecule has 0 saturated heterocycles. The smallest absolute Gasteiger partial charge is 0.309 e. The molecule has 1 unspecified atom stereocenters. The number of methoxy groups -OCH3 is 1. The molecule has 1 aromatic carbocycles. The van der Waals surface area contributed by atoms with E-state index in [2.05, 4.69) is 19.6 Å². The average molecular weight is 278 g/mol. The number of carbonyl (C=O) groups excluding carboxylic acids is 2. The fourth-order valence-corrected chi connectivity index (χ4v) is 4.93. The van der Waals surface area contributed by atoms with Crippen molar-refractivity contribution in [3.63, 3.8) is 0 Å². The molecule has 0 heterocycles. The van der Waals surface area contributed by atoms with Gasteiger partial charge >= 0.3 is 5.97 Å². The average Bonchev–Trinajstić information content (AvgIpc) is 2.29. The SMILES string of the molecule is COC(=O)Cc1ccccc1C(C(C)=O)[Si](C)(C)C. The summed E-state index contributed by atoms with van der Waals surface area (Å²) in [4.78, 5) is 23.5. The van der Waals surface area contributed by atoms with Crippen molar-refractivity contribution in [2.75, 3.05) is 7.11 Å². The van der Waals surface area contributed by atoms with Crippen molar-refractivity contribution in [3.8, 4) is 0 Å². The number of rotatable bonds is 5. The largest absolute Gasteiger partial charge is 0.469 e. The van der Waals surface area contributed by atoms with Gasteiger partial charge in [-0.3, -0.25) is 9.59 Å². The molecular formula is C15H22O3Si. The zero-order chi connectivity index (χ0) is 14.6. The van der Waals surface area contributed by atoms with Gasteiger partial charge in [0, 0.05) is 5.54 Å². The Hall–Kier alpha value is -1.42. The highest BCUT2D eigenvalue weighted by Crippen LogP contribution is 2.30. The maximum Gasteiger partial charge on any atom is 0.309 e. The van der Waals surface area contributed by atoms with E-state index in [1.54, 1.807) is 6.92 Å². The Morgan fingerprint density at radius 1 is 1.21 bits per heavy atom. The summed E-state index contributed by atoms with van der Waals surface area (Å²) in [5.41, 5.74) is 1.81. The van der Waals surface area contributed by atoms with Gasteiger partial charge in [0.1, 0.15) is 5.78 Å². The molecule has 3 nitrogen and oxygen atoms in total. The van der Waals surface area contributed by atoms with E-state index in [0.717, 1.165) is 11.1 Å². The maximum atomic E-state index is 12.0. The van der Waals surface area contributed by atoms with E-state index in [0.29, 0.717) is 0 Å². The molecule has 19 heavy (non-hydrogen) atoms. The van der Waals surface area contributed by atoms with Crippen molar-refractivity contribution < 1.29 is 14.3 Å². The number of hydrogen-bond acceptors (Lipinski definition) is 3. The second-order valence-corrected chi connectivity index (χ2v) is 11.2. The molecule has 0 saturated carbocycles. The Labute approximate surface area is 116 Å². The molecule has 0 aliphatic rings. The summed E-state index contributed by atoms with van der Waals surface area (Å²) in [7, 11) is -0.304. The van der Waals surface area contributed by atoms with Crippen molar-refractivity contribution in [1.82, 2.24) is 0 Å². The molecule has 4 heteroatoms. The minimum Gasteiger partial charge on any atom is -0.469 e. The van der Waals surface area contributed by atoms with E-state index in [-0.39, 0.29) is 23.7 Å². The summed E-state index contributed by atoms with van der Waals surface area (Å²) in [6.45, 7) is 8.16. The van der Waals surface area contributed by atoms with Crippen LogP contribution >= 0.6 is 0 Å². The molecule has 104 valence electrons. The van der Waals surface area contributed by atoms with E-state index in [4.69, 9.17) is 4.74 Å². The van der Waals surface area contributed by atoms with Crippen molar-refractivity contribution in [2.45, 2.75) is 38.5 Å². The van der Waals surface area contributed by atoms with Crippen LogP contribution in [0.15, 0.2) is 24.3 Å². The monoisotopic (exact) mass is 278 g/mol. The van der Waals surface area contributed by atoms with Crippen LogP contribution in [0.3, 0.4) is 0 Å². The summed E-state index contributed by atoms with van der Waals surface area (Å²) >= 11 is 0. The van der Waals surface area contributed by atoms with Gasteiger partial charge in [0.25, 0.3) is 0 Å². The lowest BCUT2D eigenvalue weighted by Gasteiger charge is -2.28. The Morgan fingerprint density at radius 2 is 1.79 bits per heavy atom. The summed E-state index contributed by atoms with van der Waals surface area (Å²) in [6.07, 6.45) is 0.223. The van der Waals surface area contributed by atoms with Gasteiger partial charge < -0.3 is 4.74 Å². The van der Waals surface area contributed by atoms with Crippen molar-refractivity contribution in [1.29, 1.82) is 0 Å². The Bertz CT molecular complexity index is 475. The standard InChI is InChI=1S/C15H22O3Si/c1-11(16)15(19(3,4)5)13-9-7-6-8-12(13)10-14(17)18-2/h6-9,15H,10H2,1-5H3. The highest BCUT2D eigenvalue weighted by atomic mass is 28.3. The minimum atomic E-state index is -1.68. The molecule has 0 bridgehead atoms. The van der Waals surface area contributed by atoms with Gasteiger partial charge in [-0.25, -0.2) is 0 Å². The normalized spacial score (nSPS) is 12.9. The van der Waals surface area contributed by atoms with Crippen LogP contribution in [0.2, 0.25) is 19.6 Å². The van der Waals surface area contributed by atoms with E-state index >= 15 is 0 Å². The molecule has 0 aliphatic carbocycles. The molecule has 1 aromatic rings. The molecule has 1 atom stereocenters. The number of ether oxygens (including phenoxy) is 1. The number of carbonyl (C=O) groups is 2. The van der Waals surface area contributed by atoms with E-state index in [1.165, 1.54) is 7.11 Å². The lowest BCUT2D eigenvalue weighted by atomic mass is 10.00. The molecule has 0 aliphatic heterocycles. The molecule has 0 spiro atoms. The second-order valence-electron chi connectivity index (χ2n) is 5.86. The van der Waals surface area contributed by atoms with Crippen molar-refractivity contribution in [3.05, 3.63) is 35.4 Å². The van der Waals surface area contributed by atoms with Crippen molar-refractivity contribution >= 4 is 19.8 Å². The zero-order valence-corrected chi connectivity index (χ0v) is 13.3. The molecule has 0 fully saturated rings. The van der Waals surface area contributed by atoms with Crippen LogP contribution in [0.4, 0.5) is 0 Å². The number of ketones is 1. The third-order valence-electron chi connectivity index (χ3n) is 3.20. The third-order valence-corrected chi connectivity index (χ3v) is 5.65. The molecule has 0 radical (unpaired) electrons. The van der Waals surface area contributed by atoms with Crippen LogP contribution in [0, 0.1) is 0 Å². The summed E-state index contributed by atoms with van der Waals surface area (Å²) in [5.74, 6) is -0.0955. The number of benzene rings is 1. The maximum absolute atomic E-state index is 12.0. The van der Waals surface area contributed by atoms with Crippen molar-refractivity contribution in [2.24, 2.45) is 0 Å². The number of esters is 1. The number of hydrogen-bond donors (Lipinski definition) is 0. The van der Waals surface area contributed by atoms with Gasteiger partial charge in [-0.1, -0.05) is 43.9 Å². The summed E-state index contributed by atoms with van der Waals surface area (Å²) in [5, 5.41) is 0. The highest BCUT2D eigenvalue weighted by Gasteiger charge is 2.33. The Kier molecular flexibility index (Phi) is 5.06. The van der Waals surface area contributed by atoms with E-state index in [9.17, 15) is 9.59 Å². The van der Waals surface area contributed by atoms with E-state index < -0.39 is 8.07 Å². The first-order chi connectivity index (χ1) is 8.77.